The summed E-state index contributed by atoms with van der Waals surface area (Å²) in [5.74, 6) is 2.67. The van der Waals surface area contributed by atoms with Gasteiger partial charge in [0.25, 0.3) is 0 Å². The SMILES string of the molecule is CCCC(CC)C(CC)C(C)CNC. The number of nitrogens with one attached hydrogen (secondary N) is 1. The summed E-state index contributed by atoms with van der Waals surface area (Å²) in [7, 11) is 2.06. The third-order valence-electron chi connectivity index (χ3n) is 3.52. The molecule has 0 bridgehead atoms. The molecule has 0 saturated carbocycles. The molecular formula is C13H29N. The van der Waals surface area contributed by atoms with E-state index in [1.165, 1.54) is 32.2 Å². The lowest BCUT2D eigenvalue weighted by atomic mass is 9.77. The molecule has 86 valence electrons. The maximum Gasteiger partial charge on any atom is -0.00234 e. The van der Waals surface area contributed by atoms with E-state index in [9.17, 15) is 0 Å². The van der Waals surface area contributed by atoms with Crippen molar-refractivity contribution < 1.29 is 0 Å². The standard InChI is InChI=1S/C13H29N/c1-6-9-12(7-2)13(8-3)11(4)10-14-5/h11-14H,6-10H2,1-5H3. The highest BCUT2D eigenvalue weighted by Gasteiger charge is 2.22. The van der Waals surface area contributed by atoms with E-state index in [0.29, 0.717) is 0 Å². The summed E-state index contributed by atoms with van der Waals surface area (Å²) < 4.78 is 0. The van der Waals surface area contributed by atoms with Gasteiger partial charge in [-0.2, -0.15) is 0 Å². The van der Waals surface area contributed by atoms with Crippen LogP contribution < -0.4 is 5.32 Å². The highest BCUT2D eigenvalue weighted by molar-refractivity contribution is 4.74. The molecule has 1 heteroatoms. The Kier molecular flexibility index (Phi) is 8.26. The van der Waals surface area contributed by atoms with Crippen molar-refractivity contribution in [2.75, 3.05) is 13.6 Å². The minimum absolute atomic E-state index is 0.821. The largest absolute Gasteiger partial charge is 0.319 e. The third kappa shape index (κ3) is 4.45. The molecule has 0 aliphatic rings. The van der Waals surface area contributed by atoms with Crippen LogP contribution in [0.3, 0.4) is 0 Å². The summed E-state index contributed by atoms with van der Waals surface area (Å²) in [6.07, 6.45) is 5.42. The Labute approximate surface area is 90.7 Å². The van der Waals surface area contributed by atoms with Gasteiger partial charge in [0.2, 0.25) is 0 Å². The lowest BCUT2D eigenvalue weighted by molar-refractivity contribution is 0.210. The molecular weight excluding hydrogens is 170 g/mol. The molecule has 1 nitrogen and oxygen atoms in total. The highest BCUT2D eigenvalue weighted by Crippen LogP contribution is 2.30. The molecule has 14 heavy (non-hydrogen) atoms. The molecule has 0 radical (unpaired) electrons. The van der Waals surface area contributed by atoms with Crippen LogP contribution in [-0.4, -0.2) is 13.6 Å². The molecule has 0 aliphatic heterocycles. The van der Waals surface area contributed by atoms with Crippen LogP contribution in [0.25, 0.3) is 0 Å². The second-order valence-corrected chi connectivity index (χ2v) is 4.56. The summed E-state index contributed by atoms with van der Waals surface area (Å²) in [6, 6.07) is 0. The van der Waals surface area contributed by atoms with Crippen LogP contribution in [0, 0.1) is 17.8 Å². The van der Waals surface area contributed by atoms with Gasteiger partial charge in [-0.3, -0.25) is 0 Å². The van der Waals surface area contributed by atoms with Crippen molar-refractivity contribution in [2.45, 2.75) is 53.4 Å². The van der Waals surface area contributed by atoms with Crippen LogP contribution in [0.2, 0.25) is 0 Å². The molecule has 3 atom stereocenters. The van der Waals surface area contributed by atoms with Crippen LogP contribution in [-0.2, 0) is 0 Å². The molecule has 0 rings (SSSR count). The summed E-state index contributed by atoms with van der Waals surface area (Å²) >= 11 is 0. The van der Waals surface area contributed by atoms with E-state index in [1.807, 2.05) is 0 Å². The fourth-order valence-electron chi connectivity index (χ4n) is 2.77. The first-order valence-electron chi connectivity index (χ1n) is 6.35. The van der Waals surface area contributed by atoms with Gasteiger partial charge in [-0.1, -0.05) is 53.4 Å². The Morgan fingerprint density at radius 3 is 2.07 bits per heavy atom. The zero-order chi connectivity index (χ0) is 11.0. The fourth-order valence-corrected chi connectivity index (χ4v) is 2.77. The lowest BCUT2D eigenvalue weighted by Crippen LogP contribution is -2.28. The van der Waals surface area contributed by atoms with E-state index in [-0.39, 0.29) is 0 Å². The molecule has 0 aromatic carbocycles. The molecule has 0 aromatic rings. The summed E-state index contributed by atoms with van der Waals surface area (Å²) in [4.78, 5) is 0. The van der Waals surface area contributed by atoms with Gasteiger partial charge >= 0.3 is 0 Å². The van der Waals surface area contributed by atoms with Crippen LogP contribution in [0.4, 0.5) is 0 Å². The van der Waals surface area contributed by atoms with Crippen molar-refractivity contribution in [1.29, 1.82) is 0 Å². The van der Waals surface area contributed by atoms with E-state index < -0.39 is 0 Å². The average molecular weight is 199 g/mol. The average Bonchev–Trinajstić information content (AvgIpc) is 2.18. The fraction of sp³-hybridized carbons (Fsp3) is 1.00. The summed E-state index contributed by atoms with van der Waals surface area (Å²) in [5, 5.41) is 3.30. The quantitative estimate of drug-likeness (QED) is 0.628. The number of hydrogen-bond acceptors (Lipinski definition) is 1. The molecule has 0 saturated heterocycles. The summed E-state index contributed by atoms with van der Waals surface area (Å²) in [5.41, 5.74) is 0. The van der Waals surface area contributed by atoms with E-state index >= 15 is 0 Å². The maximum absolute atomic E-state index is 3.30. The van der Waals surface area contributed by atoms with Gasteiger partial charge in [0.1, 0.15) is 0 Å². The molecule has 0 spiro atoms. The van der Waals surface area contributed by atoms with Crippen LogP contribution in [0.5, 0.6) is 0 Å². The van der Waals surface area contributed by atoms with E-state index in [1.54, 1.807) is 0 Å². The highest BCUT2D eigenvalue weighted by atomic mass is 14.8. The van der Waals surface area contributed by atoms with Crippen molar-refractivity contribution in [3.63, 3.8) is 0 Å². The number of hydrogen-bond donors (Lipinski definition) is 1. The lowest BCUT2D eigenvalue weighted by Gasteiger charge is -2.30. The molecule has 0 aliphatic carbocycles. The van der Waals surface area contributed by atoms with Gasteiger partial charge in [0, 0.05) is 0 Å². The first kappa shape index (κ1) is 14.0. The molecule has 3 unspecified atom stereocenters. The Morgan fingerprint density at radius 2 is 1.71 bits per heavy atom. The molecule has 0 amide bonds. The van der Waals surface area contributed by atoms with E-state index in [4.69, 9.17) is 0 Å². The Bertz CT molecular complexity index is 122. The second kappa shape index (κ2) is 8.28. The molecule has 0 fully saturated rings. The van der Waals surface area contributed by atoms with E-state index in [0.717, 1.165) is 17.8 Å². The third-order valence-corrected chi connectivity index (χ3v) is 3.52. The molecule has 0 heterocycles. The van der Waals surface area contributed by atoms with Gasteiger partial charge < -0.3 is 5.32 Å². The van der Waals surface area contributed by atoms with Crippen molar-refractivity contribution in [1.82, 2.24) is 5.32 Å². The van der Waals surface area contributed by atoms with Gasteiger partial charge in [-0.25, -0.2) is 0 Å². The monoisotopic (exact) mass is 199 g/mol. The molecule has 0 aromatic heterocycles. The smallest absolute Gasteiger partial charge is 0.00234 e. The number of rotatable bonds is 8. The van der Waals surface area contributed by atoms with Gasteiger partial charge in [0.15, 0.2) is 0 Å². The second-order valence-electron chi connectivity index (χ2n) is 4.56. The van der Waals surface area contributed by atoms with Crippen molar-refractivity contribution in [3.05, 3.63) is 0 Å². The minimum atomic E-state index is 0.821. The summed E-state index contributed by atoms with van der Waals surface area (Å²) in [6.45, 7) is 10.5. The minimum Gasteiger partial charge on any atom is -0.319 e. The van der Waals surface area contributed by atoms with Crippen LogP contribution in [0.15, 0.2) is 0 Å². The predicted molar refractivity (Wildman–Crippen MR) is 65.6 cm³/mol. The van der Waals surface area contributed by atoms with Gasteiger partial charge in [-0.05, 0) is 31.3 Å². The van der Waals surface area contributed by atoms with E-state index in [2.05, 4.69) is 40.1 Å². The van der Waals surface area contributed by atoms with Crippen LogP contribution >= 0.6 is 0 Å². The Morgan fingerprint density at radius 1 is 1.07 bits per heavy atom. The Balaban J connectivity index is 4.18. The van der Waals surface area contributed by atoms with Gasteiger partial charge in [-0.15, -0.1) is 0 Å². The Hall–Kier alpha value is -0.0400. The normalized spacial score (nSPS) is 17.8. The van der Waals surface area contributed by atoms with Crippen molar-refractivity contribution in [2.24, 2.45) is 17.8 Å². The molecule has 1 N–H and O–H groups in total. The first-order chi connectivity index (χ1) is 6.71. The zero-order valence-corrected chi connectivity index (χ0v) is 10.8. The predicted octanol–water partition coefficient (Wildman–Crippen LogP) is 3.69. The maximum atomic E-state index is 3.30. The van der Waals surface area contributed by atoms with Crippen LogP contribution in [0.1, 0.15) is 53.4 Å². The topological polar surface area (TPSA) is 12.0 Å². The van der Waals surface area contributed by atoms with Crippen molar-refractivity contribution in [3.8, 4) is 0 Å². The van der Waals surface area contributed by atoms with Crippen molar-refractivity contribution >= 4 is 0 Å². The first-order valence-corrected chi connectivity index (χ1v) is 6.35. The van der Waals surface area contributed by atoms with Gasteiger partial charge in [0.05, 0.1) is 0 Å². The zero-order valence-electron chi connectivity index (χ0n) is 10.8.